The Morgan fingerprint density at radius 2 is 2.05 bits per heavy atom. The Bertz CT molecular complexity index is 396. The SMILES string of the molecule is c1ccc2c(c1)CCCCN2CCC1CCCCN1. The number of rotatable bonds is 3. The Morgan fingerprint density at radius 3 is 2.95 bits per heavy atom. The standard InChI is InChI=1S/C17H26N2/c1-2-10-17-15(7-1)8-4-6-13-19(17)14-11-16-9-3-5-12-18-16/h1-2,7,10,16,18H,3-6,8-9,11-14H2. The van der Waals surface area contributed by atoms with Gasteiger partial charge < -0.3 is 10.2 Å². The lowest BCUT2D eigenvalue weighted by Crippen LogP contribution is -2.37. The van der Waals surface area contributed by atoms with E-state index in [1.165, 1.54) is 70.3 Å². The van der Waals surface area contributed by atoms with Crippen LogP contribution in [0.2, 0.25) is 0 Å². The van der Waals surface area contributed by atoms with Gasteiger partial charge in [-0.1, -0.05) is 24.6 Å². The number of piperidine rings is 1. The first-order valence-corrected chi connectivity index (χ1v) is 8.00. The normalized spacial score (nSPS) is 23.8. The van der Waals surface area contributed by atoms with E-state index < -0.39 is 0 Å². The first-order chi connectivity index (χ1) is 9.43. The van der Waals surface area contributed by atoms with Crippen molar-refractivity contribution in [3.63, 3.8) is 0 Å². The summed E-state index contributed by atoms with van der Waals surface area (Å²) in [5, 5.41) is 3.67. The molecule has 3 rings (SSSR count). The summed E-state index contributed by atoms with van der Waals surface area (Å²) in [7, 11) is 0. The van der Waals surface area contributed by atoms with Crippen LogP contribution in [0.15, 0.2) is 24.3 Å². The monoisotopic (exact) mass is 258 g/mol. The lowest BCUT2D eigenvalue weighted by molar-refractivity contribution is 0.383. The van der Waals surface area contributed by atoms with E-state index >= 15 is 0 Å². The number of benzene rings is 1. The number of hydrogen-bond donors (Lipinski definition) is 1. The number of para-hydroxylation sites is 1. The van der Waals surface area contributed by atoms with E-state index in [0.29, 0.717) is 0 Å². The van der Waals surface area contributed by atoms with Gasteiger partial charge in [0.15, 0.2) is 0 Å². The summed E-state index contributed by atoms with van der Waals surface area (Å²) in [5.74, 6) is 0. The maximum Gasteiger partial charge on any atom is 0.0398 e. The number of nitrogens with one attached hydrogen (secondary N) is 1. The molecule has 2 aliphatic heterocycles. The molecule has 1 aromatic rings. The molecule has 1 fully saturated rings. The quantitative estimate of drug-likeness (QED) is 0.894. The lowest BCUT2D eigenvalue weighted by Gasteiger charge is -2.29. The van der Waals surface area contributed by atoms with Gasteiger partial charge in [0.1, 0.15) is 0 Å². The molecular weight excluding hydrogens is 232 g/mol. The number of fused-ring (bicyclic) bond motifs is 1. The topological polar surface area (TPSA) is 15.3 Å². The minimum atomic E-state index is 0.754. The predicted molar refractivity (Wildman–Crippen MR) is 81.9 cm³/mol. The predicted octanol–water partition coefficient (Wildman–Crippen LogP) is 3.36. The van der Waals surface area contributed by atoms with E-state index in [2.05, 4.69) is 34.5 Å². The van der Waals surface area contributed by atoms with Gasteiger partial charge in [0, 0.05) is 24.8 Å². The highest BCUT2D eigenvalue weighted by Gasteiger charge is 2.17. The van der Waals surface area contributed by atoms with E-state index in [4.69, 9.17) is 0 Å². The van der Waals surface area contributed by atoms with Crippen LogP contribution < -0.4 is 10.2 Å². The Kier molecular flexibility index (Phi) is 4.39. The fourth-order valence-corrected chi connectivity index (χ4v) is 3.48. The van der Waals surface area contributed by atoms with Crippen molar-refractivity contribution in [2.75, 3.05) is 24.5 Å². The van der Waals surface area contributed by atoms with E-state index in [9.17, 15) is 0 Å². The second-order valence-corrected chi connectivity index (χ2v) is 6.01. The Morgan fingerprint density at radius 1 is 1.11 bits per heavy atom. The minimum Gasteiger partial charge on any atom is -0.371 e. The summed E-state index contributed by atoms with van der Waals surface area (Å²) in [6.07, 6.45) is 9.39. The number of nitrogens with zero attached hydrogens (tertiary/aromatic N) is 1. The molecule has 19 heavy (non-hydrogen) atoms. The molecule has 2 heteroatoms. The van der Waals surface area contributed by atoms with Crippen LogP contribution in [0.1, 0.15) is 44.1 Å². The zero-order chi connectivity index (χ0) is 12.9. The van der Waals surface area contributed by atoms with Crippen molar-refractivity contribution < 1.29 is 0 Å². The molecule has 1 saturated heterocycles. The van der Waals surface area contributed by atoms with Gasteiger partial charge in [0.2, 0.25) is 0 Å². The highest BCUT2D eigenvalue weighted by atomic mass is 15.1. The first kappa shape index (κ1) is 13.0. The molecule has 1 unspecified atom stereocenters. The van der Waals surface area contributed by atoms with Gasteiger partial charge in [0.25, 0.3) is 0 Å². The molecule has 2 heterocycles. The zero-order valence-electron chi connectivity index (χ0n) is 11.9. The van der Waals surface area contributed by atoms with E-state index in [1.54, 1.807) is 5.56 Å². The fraction of sp³-hybridized carbons (Fsp3) is 0.647. The van der Waals surface area contributed by atoms with Gasteiger partial charge in [0.05, 0.1) is 0 Å². The van der Waals surface area contributed by atoms with Crippen LogP contribution in [-0.4, -0.2) is 25.7 Å². The number of anilines is 1. The molecule has 0 radical (unpaired) electrons. The molecule has 2 aliphatic rings. The van der Waals surface area contributed by atoms with Crippen LogP contribution in [-0.2, 0) is 6.42 Å². The van der Waals surface area contributed by atoms with Gasteiger partial charge in [-0.05, 0) is 56.7 Å². The third kappa shape index (κ3) is 3.30. The summed E-state index contributed by atoms with van der Waals surface area (Å²) in [6, 6.07) is 9.76. The molecule has 1 N–H and O–H groups in total. The molecule has 0 saturated carbocycles. The maximum atomic E-state index is 3.67. The van der Waals surface area contributed by atoms with Crippen LogP contribution >= 0.6 is 0 Å². The summed E-state index contributed by atoms with van der Waals surface area (Å²) >= 11 is 0. The van der Waals surface area contributed by atoms with Crippen LogP contribution in [0.4, 0.5) is 5.69 Å². The molecule has 0 amide bonds. The van der Waals surface area contributed by atoms with Gasteiger partial charge in [-0.2, -0.15) is 0 Å². The van der Waals surface area contributed by atoms with Gasteiger partial charge in [-0.15, -0.1) is 0 Å². The molecule has 104 valence electrons. The van der Waals surface area contributed by atoms with Crippen molar-refractivity contribution in [3.05, 3.63) is 29.8 Å². The highest BCUT2D eigenvalue weighted by Crippen LogP contribution is 2.26. The van der Waals surface area contributed by atoms with Crippen LogP contribution in [0.5, 0.6) is 0 Å². The van der Waals surface area contributed by atoms with Crippen LogP contribution in [0.25, 0.3) is 0 Å². The summed E-state index contributed by atoms with van der Waals surface area (Å²) in [6.45, 7) is 3.68. The van der Waals surface area contributed by atoms with Crippen LogP contribution in [0.3, 0.4) is 0 Å². The van der Waals surface area contributed by atoms with E-state index in [1.807, 2.05) is 0 Å². The van der Waals surface area contributed by atoms with E-state index in [0.717, 1.165) is 6.04 Å². The summed E-state index contributed by atoms with van der Waals surface area (Å²) < 4.78 is 0. The molecule has 1 atom stereocenters. The van der Waals surface area contributed by atoms with Crippen molar-refractivity contribution in [1.82, 2.24) is 5.32 Å². The fourth-order valence-electron chi connectivity index (χ4n) is 3.48. The minimum absolute atomic E-state index is 0.754. The average molecular weight is 258 g/mol. The van der Waals surface area contributed by atoms with Crippen LogP contribution in [0, 0.1) is 0 Å². The van der Waals surface area contributed by atoms with Crippen molar-refractivity contribution in [3.8, 4) is 0 Å². The zero-order valence-corrected chi connectivity index (χ0v) is 11.9. The summed E-state index contributed by atoms with van der Waals surface area (Å²) in [4.78, 5) is 2.62. The Hall–Kier alpha value is -1.02. The average Bonchev–Trinajstić information content (AvgIpc) is 2.68. The molecule has 0 spiro atoms. The van der Waals surface area contributed by atoms with Gasteiger partial charge >= 0.3 is 0 Å². The van der Waals surface area contributed by atoms with Crippen molar-refractivity contribution in [1.29, 1.82) is 0 Å². The number of aryl methyl sites for hydroxylation is 1. The number of hydrogen-bond acceptors (Lipinski definition) is 2. The molecule has 0 aromatic heterocycles. The van der Waals surface area contributed by atoms with Gasteiger partial charge in [-0.25, -0.2) is 0 Å². The van der Waals surface area contributed by atoms with Crippen molar-refractivity contribution >= 4 is 5.69 Å². The second-order valence-electron chi connectivity index (χ2n) is 6.01. The molecule has 1 aromatic carbocycles. The Balaban J connectivity index is 1.63. The third-order valence-corrected chi connectivity index (χ3v) is 4.62. The van der Waals surface area contributed by atoms with Gasteiger partial charge in [-0.3, -0.25) is 0 Å². The Labute approximate surface area is 117 Å². The molecule has 0 aliphatic carbocycles. The lowest BCUT2D eigenvalue weighted by atomic mass is 10.0. The molecular formula is C17H26N2. The third-order valence-electron chi connectivity index (χ3n) is 4.62. The van der Waals surface area contributed by atoms with E-state index in [-0.39, 0.29) is 0 Å². The highest BCUT2D eigenvalue weighted by molar-refractivity contribution is 5.54. The maximum absolute atomic E-state index is 3.67. The van der Waals surface area contributed by atoms with Crippen molar-refractivity contribution in [2.45, 2.75) is 51.0 Å². The smallest absolute Gasteiger partial charge is 0.0398 e. The van der Waals surface area contributed by atoms with Crippen molar-refractivity contribution in [2.24, 2.45) is 0 Å². The molecule has 0 bridgehead atoms. The second kappa shape index (κ2) is 6.42. The first-order valence-electron chi connectivity index (χ1n) is 8.00. The molecule has 2 nitrogen and oxygen atoms in total. The summed E-state index contributed by atoms with van der Waals surface area (Å²) in [5.41, 5.74) is 3.05. The largest absolute Gasteiger partial charge is 0.371 e.